The van der Waals surface area contributed by atoms with Crippen LogP contribution in [0, 0.1) is 0 Å². The first-order valence-corrected chi connectivity index (χ1v) is 8.56. The van der Waals surface area contributed by atoms with E-state index >= 15 is 0 Å². The van der Waals surface area contributed by atoms with Gasteiger partial charge in [0, 0.05) is 32.6 Å². The topological polar surface area (TPSA) is 98.1 Å². The molecule has 2 N–H and O–H groups in total. The summed E-state index contributed by atoms with van der Waals surface area (Å²) in [7, 11) is 1.55. The molecule has 0 bridgehead atoms. The van der Waals surface area contributed by atoms with Crippen molar-refractivity contribution in [1.29, 1.82) is 0 Å². The molecule has 136 valence electrons. The molecular formula is C16H29N5O3. The smallest absolute Gasteiger partial charge is 0.245 e. The SMILES string of the molecule is CCCC(CC)n1cc(CCC(=O)NCCOCC(=O)NC)nn1. The fourth-order valence-electron chi connectivity index (χ4n) is 2.29. The highest BCUT2D eigenvalue weighted by Gasteiger charge is 2.11. The second-order valence-electron chi connectivity index (χ2n) is 5.62. The number of amides is 2. The third-order valence-corrected chi connectivity index (χ3v) is 3.71. The van der Waals surface area contributed by atoms with Crippen molar-refractivity contribution in [2.45, 2.75) is 52.0 Å². The standard InChI is InChI=1S/C16H29N5O3/c1-4-6-14(5-2)21-11-13(19-20-21)7-8-15(22)18-9-10-24-12-16(23)17-3/h11,14H,4-10,12H2,1-3H3,(H,17,23)(H,18,22). The van der Waals surface area contributed by atoms with Gasteiger partial charge in [0.05, 0.1) is 18.3 Å². The number of carbonyl (C=O) groups is 2. The zero-order valence-corrected chi connectivity index (χ0v) is 14.9. The van der Waals surface area contributed by atoms with E-state index < -0.39 is 0 Å². The van der Waals surface area contributed by atoms with Crippen LogP contribution in [-0.4, -0.2) is 53.6 Å². The molecule has 0 radical (unpaired) electrons. The summed E-state index contributed by atoms with van der Waals surface area (Å²) in [5.74, 6) is -0.244. The quantitative estimate of drug-likeness (QED) is 0.550. The van der Waals surface area contributed by atoms with Crippen LogP contribution in [0.3, 0.4) is 0 Å². The molecule has 1 aromatic heterocycles. The van der Waals surface area contributed by atoms with Crippen molar-refractivity contribution in [2.24, 2.45) is 0 Å². The van der Waals surface area contributed by atoms with Gasteiger partial charge in [-0.25, -0.2) is 4.68 Å². The normalized spacial score (nSPS) is 12.0. The van der Waals surface area contributed by atoms with Crippen LogP contribution in [-0.2, 0) is 20.7 Å². The fourth-order valence-corrected chi connectivity index (χ4v) is 2.29. The lowest BCUT2D eigenvalue weighted by Crippen LogP contribution is -2.29. The maximum atomic E-state index is 11.8. The minimum Gasteiger partial charge on any atom is -0.370 e. The maximum absolute atomic E-state index is 11.8. The molecule has 0 saturated carbocycles. The molecule has 0 aliphatic rings. The van der Waals surface area contributed by atoms with Gasteiger partial charge < -0.3 is 15.4 Å². The first-order valence-electron chi connectivity index (χ1n) is 8.56. The number of hydrogen-bond acceptors (Lipinski definition) is 5. The molecule has 1 aromatic rings. The summed E-state index contributed by atoms with van der Waals surface area (Å²) in [5.41, 5.74) is 0.829. The van der Waals surface area contributed by atoms with E-state index in [-0.39, 0.29) is 18.4 Å². The highest BCUT2D eigenvalue weighted by molar-refractivity contribution is 5.77. The summed E-state index contributed by atoms with van der Waals surface area (Å²) in [6, 6.07) is 0.377. The average Bonchev–Trinajstić information content (AvgIpc) is 3.06. The van der Waals surface area contributed by atoms with Gasteiger partial charge in [0.1, 0.15) is 6.61 Å². The van der Waals surface area contributed by atoms with E-state index in [0.29, 0.717) is 32.0 Å². The van der Waals surface area contributed by atoms with Crippen molar-refractivity contribution in [2.75, 3.05) is 26.8 Å². The number of carbonyl (C=O) groups excluding carboxylic acids is 2. The Bertz CT molecular complexity index is 504. The van der Waals surface area contributed by atoms with Crippen LogP contribution in [0.1, 0.15) is 51.3 Å². The number of aromatic nitrogens is 3. The molecular weight excluding hydrogens is 310 g/mol. The van der Waals surface area contributed by atoms with Crippen molar-refractivity contribution in [3.8, 4) is 0 Å². The lowest BCUT2D eigenvalue weighted by molar-refractivity contribution is -0.125. The van der Waals surface area contributed by atoms with Crippen LogP contribution >= 0.6 is 0 Å². The number of ether oxygens (including phenoxy) is 1. The Balaban J connectivity index is 2.22. The lowest BCUT2D eigenvalue weighted by atomic mass is 10.1. The molecule has 0 aliphatic carbocycles. The van der Waals surface area contributed by atoms with Crippen LogP contribution in [0.25, 0.3) is 0 Å². The molecule has 1 atom stereocenters. The summed E-state index contributed by atoms with van der Waals surface area (Å²) < 4.78 is 7.02. The molecule has 0 fully saturated rings. The van der Waals surface area contributed by atoms with E-state index in [0.717, 1.165) is 25.0 Å². The van der Waals surface area contributed by atoms with Gasteiger partial charge in [-0.05, 0) is 12.8 Å². The average molecular weight is 339 g/mol. The fraction of sp³-hybridized carbons (Fsp3) is 0.750. The minimum absolute atomic E-state index is 0.00578. The number of hydrogen-bond donors (Lipinski definition) is 2. The third-order valence-electron chi connectivity index (χ3n) is 3.71. The third kappa shape index (κ3) is 7.54. The summed E-state index contributed by atoms with van der Waals surface area (Å²) >= 11 is 0. The van der Waals surface area contributed by atoms with E-state index in [1.807, 2.05) is 10.9 Å². The van der Waals surface area contributed by atoms with Gasteiger partial charge in [-0.15, -0.1) is 5.10 Å². The van der Waals surface area contributed by atoms with Gasteiger partial charge in [0.15, 0.2) is 0 Å². The van der Waals surface area contributed by atoms with Gasteiger partial charge in [0.25, 0.3) is 0 Å². The molecule has 8 heteroatoms. The highest BCUT2D eigenvalue weighted by Crippen LogP contribution is 2.16. The second kappa shape index (κ2) is 11.6. The van der Waals surface area contributed by atoms with Gasteiger partial charge in [-0.2, -0.15) is 0 Å². The van der Waals surface area contributed by atoms with Crippen LogP contribution in [0.2, 0.25) is 0 Å². The zero-order chi connectivity index (χ0) is 17.8. The molecule has 2 amide bonds. The van der Waals surface area contributed by atoms with Crippen LogP contribution in [0.4, 0.5) is 0 Å². The van der Waals surface area contributed by atoms with Crippen molar-refractivity contribution in [3.05, 3.63) is 11.9 Å². The number of likely N-dealkylation sites (N-methyl/N-ethyl adjacent to an activating group) is 1. The molecule has 0 aliphatic heterocycles. The van der Waals surface area contributed by atoms with E-state index in [1.54, 1.807) is 7.05 Å². The number of aryl methyl sites for hydroxylation is 1. The molecule has 0 saturated heterocycles. The molecule has 24 heavy (non-hydrogen) atoms. The van der Waals surface area contributed by atoms with Crippen LogP contribution < -0.4 is 10.6 Å². The molecule has 1 heterocycles. The Morgan fingerprint density at radius 3 is 2.79 bits per heavy atom. The van der Waals surface area contributed by atoms with Crippen molar-refractivity contribution in [1.82, 2.24) is 25.6 Å². The van der Waals surface area contributed by atoms with E-state index in [2.05, 4.69) is 34.8 Å². The van der Waals surface area contributed by atoms with Gasteiger partial charge >= 0.3 is 0 Å². The summed E-state index contributed by atoms with van der Waals surface area (Å²) in [6.45, 7) is 5.00. The predicted octanol–water partition coefficient (Wildman–Crippen LogP) is 0.841. The van der Waals surface area contributed by atoms with Crippen molar-refractivity contribution >= 4 is 11.8 Å². The molecule has 0 aromatic carbocycles. The Labute approximate surface area is 143 Å². The predicted molar refractivity (Wildman–Crippen MR) is 90.5 cm³/mol. The van der Waals surface area contributed by atoms with Gasteiger partial charge in [-0.1, -0.05) is 25.5 Å². The first kappa shape index (κ1) is 20.1. The van der Waals surface area contributed by atoms with Crippen LogP contribution in [0.15, 0.2) is 6.20 Å². The molecule has 8 nitrogen and oxygen atoms in total. The van der Waals surface area contributed by atoms with Gasteiger partial charge in [0.2, 0.25) is 11.8 Å². The monoisotopic (exact) mass is 339 g/mol. The van der Waals surface area contributed by atoms with E-state index in [4.69, 9.17) is 4.74 Å². The largest absolute Gasteiger partial charge is 0.370 e. The van der Waals surface area contributed by atoms with Crippen molar-refractivity contribution < 1.29 is 14.3 Å². The Hall–Kier alpha value is -1.96. The zero-order valence-electron chi connectivity index (χ0n) is 14.9. The minimum atomic E-state index is -0.183. The Morgan fingerprint density at radius 1 is 1.33 bits per heavy atom. The number of rotatable bonds is 12. The van der Waals surface area contributed by atoms with Crippen molar-refractivity contribution in [3.63, 3.8) is 0 Å². The van der Waals surface area contributed by atoms with E-state index in [9.17, 15) is 9.59 Å². The second-order valence-corrected chi connectivity index (χ2v) is 5.62. The molecule has 1 unspecified atom stereocenters. The Kier molecular flexibility index (Phi) is 9.67. The summed E-state index contributed by atoms with van der Waals surface area (Å²) in [4.78, 5) is 22.7. The number of nitrogens with one attached hydrogen (secondary N) is 2. The van der Waals surface area contributed by atoms with E-state index in [1.165, 1.54) is 0 Å². The summed E-state index contributed by atoms with van der Waals surface area (Å²) in [6.07, 6.45) is 6.07. The number of nitrogens with zero attached hydrogens (tertiary/aromatic N) is 3. The summed E-state index contributed by atoms with van der Waals surface area (Å²) in [5, 5.41) is 13.5. The Morgan fingerprint density at radius 2 is 2.12 bits per heavy atom. The lowest BCUT2D eigenvalue weighted by Gasteiger charge is -2.12. The molecule has 0 spiro atoms. The maximum Gasteiger partial charge on any atom is 0.245 e. The van der Waals surface area contributed by atoms with Crippen LogP contribution in [0.5, 0.6) is 0 Å². The van der Waals surface area contributed by atoms with Gasteiger partial charge in [-0.3, -0.25) is 9.59 Å². The highest BCUT2D eigenvalue weighted by atomic mass is 16.5. The first-order chi connectivity index (χ1) is 11.6. The molecule has 1 rings (SSSR count).